The van der Waals surface area contributed by atoms with Gasteiger partial charge in [0.15, 0.2) is 0 Å². The second-order valence-electron chi connectivity index (χ2n) is 5.76. The lowest BCUT2D eigenvalue weighted by Crippen LogP contribution is -2.38. The Morgan fingerprint density at radius 1 is 1.52 bits per heavy atom. The molecular weight excluding hydrogens is 300 g/mol. The van der Waals surface area contributed by atoms with E-state index in [0.717, 1.165) is 0 Å². The number of nitro groups is 1. The van der Waals surface area contributed by atoms with Gasteiger partial charge in [-0.1, -0.05) is 19.9 Å². The van der Waals surface area contributed by atoms with Crippen LogP contribution in [0.1, 0.15) is 26.3 Å². The highest BCUT2D eigenvalue weighted by Crippen LogP contribution is 2.27. The van der Waals surface area contributed by atoms with Crippen LogP contribution in [-0.4, -0.2) is 35.3 Å². The third-order valence-corrected chi connectivity index (χ3v) is 3.71. The van der Waals surface area contributed by atoms with Gasteiger partial charge in [0, 0.05) is 18.7 Å². The number of esters is 1. The number of carbonyl (C=O) groups is 1. The van der Waals surface area contributed by atoms with E-state index < -0.39 is 16.5 Å². The molecule has 0 spiro atoms. The van der Waals surface area contributed by atoms with E-state index in [2.05, 4.69) is 10.1 Å². The Kier molecular flexibility index (Phi) is 6.27. The summed E-state index contributed by atoms with van der Waals surface area (Å²) in [5.74, 6) is -0.542. The number of methoxy groups -OCH3 is 1. The Morgan fingerprint density at radius 2 is 2.17 bits per heavy atom. The van der Waals surface area contributed by atoms with Crippen LogP contribution in [0.25, 0.3) is 6.08 Å². The van der Waals surface area contributed by atoms with E-state index in [1.54, 1.807) is 19.1 Å². The zero-order valence-corrected chi connectivity index (χ0v) is 13.7. The first-order valence-corrected chi connectivity index (χ1v) is 7.18. The molecule has 1 aromatic carbocycles. The quantitative estimate of drug-likeness (QED) is 0.346. The SMILES string of the molecule is COC(=O)/C=C/c1ccc(NCC(C)(O)C(C)C)c([N+](=O)[O-])c1. The first-order valence-electron chi connectivity index (χ1n) is 7.18. The van der Waals surface area contributed by atoms with Crippen LogP contribution in [0.15, 0.2) is 24.3 Å². The summed E-state index contributed by atoms with van der Waals surface area (Å²) in [6, 6.07) is 4.54. The molecule has 7 heteroatoms. The van der Waals surface area contributed by atoms with E-state index in [0.29, 0.717) is 11.3 Å². The Hall–Kier alpha value is -2.41. The first kappa shape index (κ1) is 18.6. The third kappa shape index (κ3) is 5.37. The van der Waals surface area contributed by atoms with E-state index in [4.69, 9.17) is 0 Å². The van der Waals surface area contributed by atoms with Crippen LogP contribution in [-0.2, 0) is 9.53 Å². The van der Waals surface area contributed by atoms with Gasteiger partial charge >= 0.3 is 5.97 Å². The predicted molar refractivity (Wildman–Crippen MR) is 88.1 cm³/mol. The molecule has 1 unspecified atom stereocenters. The highest BCUT2D eigenvalue weighted by atomic mass is 16.6. The number of nitrogens with zero attached hydrogens (tertiary/aromatic N) is 1. The molecule has 0 amide bonds. The van der Waals surface area contributed by atoms with Gasteiger partial charge in [-0.3, -0.25) is 10.1 Å². The van der Waals surface area contributed by atoms with Crippen molar-refractivity contribution >= 4 is 23.4 Å². The lowest BCUT2D eigenvalue weighted by atomic mass is 9.92. The molecule has 126 valence electrons. The van der Waals surface area contributed by atoms with Crippen LogP contribution in [0.3, 0.4) is 0 Å². The number of nitrogens with one attached hydrogen (secondary N) is 1. The molecule has 0 radical (unpaired) electrons. The van der Waals surface area contributed by atoms with Crippen molar-refractivity contribution in [3.63, 3.8) is 0 Å². The smallest absolute Gasteiger partial charge is 0.330 e. The summed E-state index contributed by atoms with van der Waals surface area (Å²) in [5, 5.41) is 24.3. The maximum absolute atomic E-state index is 11.2. The topological polar surface area (TPSA) is 102 Å². The van der Waals surface area contributed by atoms with Gasteiger partial charge in [-0.2, -0.15) is 0 Å². The first-order chi connectivity index (χ1) is 10.7. The van der Waals surface area contributed by atoms with Crippen LogP contribution in [0.5, 0.6) is 0 Å². The fraction of sp³-hybridized carbons (Fsp3) is 0.438. The maximum atomic E-state index is 11.2. The van der Waals surface area contributed by atoms with Crippen LogP contribution in [0.2, 0.25) is 0 Å². The number of hydrogen-bond acceptors (Lipinski definition) is 6. The fourth-order valence-corrected chi connectivity index (χ4v) is 1.66. The zero-order valence-electron chi connectivity index (χ0n) is 13.7. The Morgan fingerprint density at radius 3 is 2.70 bits per heavy atom. The number of rotatable bonds is 7. The van der Waals surface area contributed by atoms with Crippen molar-refractivity contribution in [2.45, 2.75) is 26.4 Å². The van der Waals surface area contributed by atoms with Crippen LogP contribution in [0.4, 0.5) is 11.4 Å². The monoisotopic (exact) mass is 322 g/mol. The summed E-state index contributed by atoms with van der Waals surface area (Å²) in [5.41, 5.74) is -0.303. The third-order valence-electron chi connectivity index (χ3n) is 3.71. The number of aliphatic hydroxyl groups is 1. The minimum atomic E-state index is -0.989. The molecule has 0 aliphatic heterocycles. The molecule has 1 aromatic rings. The van der Waals surface area contributed by atoms with E-state index in [1.165, 1.54) is 25.3 Å². The standard InChI is InChI=1S/C16H22N2O5/c1-11(2)16(3,20)10-17-13-7-5-12(6-8-15(19)23-4)9-14(13)18(21)22/h5-9,11,17,20H,10H2,1-4H3/b8-6+. The molecular formula is C16H22N2O5. The van der Waals surface area contributed by atoms with Gasteiger partial charge in [-0.05, 0) is 30.5 Å². The molecule has 0 saturated heterocycles. The molecule has 0 aliphatic rings. The van der Waals surface area contributed by atoms with E-state index in [-0.39, 0.29) is 18.2 Å². The van der Waals surface area contributed by atoms with Gasteiger partial charge in [0.25, 0.3) is 5.69 Å². The Bertz CT molecular complexity index is 608. The summed E-state index contributed by atoms with van der Waals surface area (Å²) in [6.07, 6.45) is 2.63. The molecule has 0 fully saturated rings. The van der Waals surface area contributed by atoms with Gasteiger partial charge in [0.1, 0.15) is 5.69 Å². The van der Waals surface area contributed by atoms with Crippen molar-refractivity contribution in [2.24, 2.45) is 5.92 Å². The van der Waals surface area contributed by atoms with Crippen LogP contribution in [0, 0.1) is 16.0 Å². The molecule has 7 nitrogen and oxygen atoms in total. The second-order valence-corrected chi connectivity index (χ2v) is 5.76. The molecule has 2 N–H and O–H groups in total. The summed E-state index contributed by atoms with van der Waals surface area (Å²) < 4.78 is 4.47. The second kappa shape index (κ2) is 7.73. The van der Waals surface area contributed by atoms with Crippen molar-refractivity contribution in [3.8, 4) is 0 Å². The Balaban J connectivity index is 2.99. The van der Waals surface area contributed by atoms with Crippen LogP contribution >= 0.6 is 0 Å². The Labute approximate surface area is 135 Å². The maximum Gasteiger partial charge on any atom is 0.330 e. The molecule has 1 atom stereocenters. The van der Waals surface area contributed by atoms with Crippen LogP contribution < -0.4 is 5.32 Å². The minimum Gasteiger partial charge on any atom is -0.466 e. The summed E-state index contributed by atoms with van der Waals surface area (Å²) in [7, 11) is 1.25. The van der Waals surface area contributed by atoms with Gasteiger partial charge in [0.2, 0.25) is 0 Å². The zero-order chi connectivity index (χ0) is 17.6. The van der Waals surface area contributed by atoms with Crippen molar-refractivity contribution < 1.29 is 19.6 Å². The van der Waals surface area contributed by atoms with Gasteiger partial charge < -0.3 is 15.2 Å². The van der Waals surface area contributed by atoms with Gasteiger partial charge in [-0.15, -0.1) is 0 Å². The lowest BCUT2D eigenvalue weighted by Gasteiger charge is -2.28. The number of benzene rings is 1. The largest absolute Gasteiger partial charge is 0.466 e. The van der Waals surface area contributed by atoms with Crippen molar-refractivity contribution in [3.05, 3.63) is 40.0 Å². The molecule has 0 aliphatic carbocycles. The van der Waals surface area contributed by atoms with Gasteiger partial charge in [-0.25, -0.2) is 4.79 Å². The molecule has 23 heavy (non-hydrogen) atoms. The molecule has 0 bridgehead atoms. The number of nitro benzene ring substituents is 1. The normalized spacial score (nSPS) is 13.8. The molecule has 0 heterocycles. The predicted octanol–water partition coefficient (Wildman–Crippen LogP) is 2.60. The number of ether oxygens (including phenoxy) is 1. The summed E-state index contributed by atoms with van der Waals surface area (Å²) in [4.78, 5) is 21.8. The van der Waals surface area contributed by atoms with Crippen molar-refractivity contribution in [2.75, 3.05) is 19.0 Å². The fourth-order valence-electron chi connectivity index (χ4n) is 1.66. The van der Waals surface area contributed by atoms with Crippen molar-refractivity contribution in [1.29, 1.82) is 0 Å². The average molecular weight is 322 g/mol. The number of anilines is 1. The van der Waals surface area contributed by atoms with Gasteiger partial charge in [0.05, 0.1) is 17.6 Å². The highest BCUT2D eigenvalue weighted by molar-refractivity contribution is 5.87. The summed E-state index contributed by atoms with van der Waals surface area (Å²) in [6.45, 7) is 5.60. The lowest BCUT2D eigenvalue weighted by molar-refractivity contribution is -0.384. The molecule has 1 rings (SSSR count). The number of carbonyl (C=O) groups excluding carboxylic acids is 1. The highest BCUT2D eigenvalue weighted by Gasteiger charge is 2.25. The van der Waals surface area contributed by atoms with Crippen molar-refractivity contribution in [1.82, 2.24) is 0 Å². The number of hydrogen-bond donors (Lipinski definition) is 2. The molecule has 0 aromatic heterocycles. The summed E-state index contributed by atoms with van der Waals surface area (Å²) >= 11 is 0. The van der Waals surface area contributed by atoms with E-state index >= 15 is 0 Å². The van der Waals surface area contributed by atoms with E-state index in [9.17, 15) is 20.0 Å². The molecule has 0 saturated carbocycles. The minimum absolute atomic E-state index is 0.00341. The average Bonchev–Trinajstić information content (AvgIpc) is 2.50. The van der Waals surface area contributed by atoms with E-state index in [1.807, 2.05) is 13.8 Å².